The average Bonchev–Trinajstić information content (AvgIpc) is 2.45. The molecule has 2 N–H and O–H groups in total. The van der Waals surface area contributed by atoms with E-state index < -0.39 is 0 Å². The molecule has 1 aromatic rings. The van der Waals surface area contributed by atoms with E-state index in [-0.39, 0.29) is 24.0 Å². The maximum absolute atomic E-state index is 5.74. The molecular formula is C17H30IN3O. The molecule has 1 aromatic carbocycles. The van der Waals surface area contributed by atoms with Crippen LogP contribution in [0, 0.1) is 5.92 Å². The first-order valence-corrected chi connectivity index (χ1v) is 7.78. The van der Waals surface area contributed by atoms with Crippen LogP contribution in [-0.2, 0) is 11.3 Å². The van der Waals surface area contributed by atoms with E-state index in [1.807, 2.05) is 18.2 Å². The van der Waals surface area contributed by atoms with Gasteiger partial charge in [-0.05, 0) is 32.3 Å². The maximum Gasteiger partial charge on any atom is 0.191 e. The zero-order valence-electron chi connectivity index (χ0n) is 14.1. The third-order valence-corrected chi connectivity index (χ3v) is 2.84. The molecular weight excluding hydrogens is 389 g/mol. The molecule has 5 heteroatoms. The minimum absolute atomic E-state index is 0. The van der Waals surface area contributed by atoms with Gasteiger partial charge in [-0.15, -0.1) is 24.0 Å². The molecule has 0 radical (unpaired) electrons. The van der Waals surface area contributed by atoms with Gasteiger partial charge >= 0.3 is 0 Å². The number of rotatable bonds is 8. The van der Waals surface area contributed by atoms with E-state index in [1.54, 1.807) is 0 Å². The summed E-state index contributed by atoms with van der Waals surface area (Å²) in [5.41, 5.74) is 1.21. The van der Waals surface area contributed by atoms with Crippen molar-refractivity contribution >= 4 is 29.9 Å². The van der Waals surface area contributed by atoms with Gasteiger partial charge in [-0.25, -0.2) is 0 Å². The van der Waals surface area contributed by atoms with Crippen molar-refractivity contribution in [1.29, 1.82) is 0 Å². The normalized spacial score (nSPS) is 12.7. The molecule has 0 spiro atoms. The molecule has 0 aromatic heterocycles. The predicted octanol–water partition coefficient (Wildman–Crippen LogP) is 3.42. The van der Waals surface area contributed by atoms with E-state index in [2.05, 4.69) is 55.5 Å². The first kappa shape index (κ1) is 21.2. The van der Waals surface area contributed by atoms with Crippen molar-refractivity contribution in [1.82, 2.24) is 10.6 Å². The molecule has 0 amide bonds. The second-order valence-corrected chi connectivity index (χ2v) is 5.62. The predicted molar refractivity (Wildman–Crippen MR) is 105 cm³/mol. The molecule has 0 aliphatic rings. The molecule has 0 bridgehead atoms. The monoisotopic (exact) mass is 419 g/mol. The Labute approximate surface area is 152 Å². The molecule has 0 heterocycles. The van der Waals surface area contributed by atoms with Gasteiger partial charge in [0.2, 0.25) is 0 Å². The zero-order chi connectivity index (χ0) is 15.5. The fourth-order valence-electron chi connectivity index (χ4n) is 1.85. The van der Waals surface area contributed by atoms with E-state index in [4.69, 9.17) is 4.74 Å². The lowest BCUT2D eigenvalue weighted by Crippen LogP contribution is -2.41. The third kappa shape index (κ3) is 10.00. The number of aliphatic imine (C=N–C) groups is 1. The number of guanidine groups is 1. The lowest BCUT2D eigenvalue weighted by atomic mass is 10.2. The van der Waals surface area contributed by atoms with Gasteiger partial charge in [0.1, 0.15) is 0 Å². The summed E-state index contributed by atoms with van der Waals surface area (Å²) < 4.78 is 5.74. The molecule has 22 heavy (non-hydrogen) atoms. The fourth-order valence-corrected chi connectivity index (χ4v) is 1.85. The molecule has 126 valence electrons. The van der Waals surface area contributed by atoms with Crippen LogP contribution in [0.4, 0.5) is 0 Å². The summed E-state index contributed by atoms with van der Waals surface area (Å²) in [7, 11) is 0. The smallest absolute Gasteiger partial charge is 0.191 e. The van der Waals surface area contributed by atoms with Crippen molar-refractivity contribution in [2.45, 2.75) is 40.3 Å². The average molecular weight is 419 g/mol. The summed E-state index contributed by atoms with van der Waals surface area (Å²) in [5, 5.41) is 6.57. The van der Waals surface area contributed by atoms with Crippen molar-refractivity contribution in [2.24, 2.45) is 10.9 Å². The Morgan fingerprint density at radius 1 is 1.18 bits per heavy atom. The Hall–Kier alpha value is -0.820. The SMILES string of the molecule is CCNC(=NCC(C)COCc1ccccc1)NC(C)C.I. The lowest BCUT2D eigenvalue weighted by Gasteiger charge is -2.15. The van der Waals surface area contributed by atoms with Crippen molar-refractivity contribution in [3.63, 3.8) is 0 Å². The first-order valence-electron chi connectivity index (χ1n) is 7.78. The molecule has 0 fully saturated rings. The summed E-state index contributed by atoms with van der Waals surface area (Å²) in [6, 6.07) is 10.6. The van der Waals surface area contributed by atoms with Crippen LogP contribution in [0.25, 0.3) is 0 Å². The van der Waals surface area contributed by atoms with Crippen LogP contribution in [0.15, 0.2) is 35.3 Å². The van der Waals surface area contributed by atoms with Gasteiger partial charge in [0.15, 0.2) is 5.96 Å². The quantitative estimate of drug-likeness (QED) is 0.386. The van der Waals surface area contributed by atoms with Crippen molar-refractivity contribution in [3.8, 4) is 0 Å². The Morgan fingerprint density at radius 2 is 1.86 bits per heavy atom. The number of nitrogens with one attached hydrogen (secondary N) is 2. The van der Waals surface area contributed by atoms with Gasteiger partial charge in [0.25, 0.3) is 0 Å². The summed E-state index contributed by atoms with van der Waals surface area (Å²) in [5.74, 6) is 1.28. The van der Waals surface area contributed by atoms with Crippen LogP contribution < -0.4 is 10.6 Å². The zero-order valence-corrected chi connectivity index (χ0v) is 16.5. The second-order valence-electron chi connectivity index (χ2n) is 5.62. The van der Waals surface area contributed by atoms with Gasteiger partial charge in [-0.2, -0.15) is 0 Å². The molecule has 0 aliphatic heterocycles. The Bertz CT molecular complexity index is 410. The summed E-state index contributed by atoms with van der Waals surface area (Å²) in [4.78, 5) is 4.59. The van der Waals surface area contributed by atoms with E-state index in [9.17, 15) is 0 Å². The number of hydrogen-bond acceptors (Lipinski definition) is 2. The number of halogens is 1. The lowest BCUT2D eigenvalue weighted by molar-refractivity contribution is 0.0945. The van der Waals surface area contributed by atoms with Crippen molar-refractivity contribution in [3.05, 3.63) is 35.9 Å². The Morgan fingerprint density at radius 3 is 2.45 bits per heavy atom. The molecule has 4 nitrogen and oxygen atoms in total. The number of hydrogen-bond donors (Lipinski definition) is 2. The van der Waals surface area contributed by atoms with Crippen LogP contribution in [0.3, 0.4) is 0 Å². The molecule has 1 atom stereocenters. The van der Waals surface area contributed by atoms with E-state index in [0.29, 0.717) is 18.6 Å². The first-order chi connectivity index (χ1) is 10.1. The highest BCUT2D eigenvalue weighted by Crippen LogP contribution is 2.03. The van der Waals surface area contributed by atoms with Crippen LogP contribution in [0.1, 0.15) is 33.3 Å². The highest BCUT2D eigenvalue weighted by molar-refractivity contribution is 14.0. The summed E-state index contributed by atoms with van der Waals surface area (Å²) in [6.45, 7) is 11.5. The second kappa shape index (κ2) is 12.7. The third-order valence-electron chi connectivity index (χ3n) is 2.84. The van der Waals surface area contributed by atoms with Gasteiger partial charge in [0.05, 0.1) is 13.2 Å². The number of ether oxygens (including phenoxy) is 1. The van der Waals surface area contributed by atoms with Crippen LogP contribution in [0.5, 0.6) is 0 Å². The largest absolute Gasteiger partial charge is 0.376 e. The highest BCUT2D eigenvalue weighted by Gasteiger charge is 2.04. The molecule has 1 rings (SSSR count). The van der Waals surface area contributed by atoms with Crippen LogP contribution in [-0.4, -0.2) is 31.7 Å². The summed E-state index contributed by atoms with van der Waals surface area (Å²) in [6.07, 6.45) is 0. The van der Waals surface area contributed by atoms with Gasteiger partial charge in [0, 0.05) is 19.1 Å². The maximum atomic E-state index is 5.74. The minimum Gasteiger partial charge on any atom is -0.376 e. The fraction of sp³-hybridized carbons (Fsp3) is 0.588. The molecule has 0 saturated carbocycles. The van der Waals surface area contributed by atoms with Gasteiger partial charge < -0.3 is 15.4 Å². The van der Waals surface area contributed by atoms with Gasteiger partial charge in [-0.3, -0.25) is 4.99 Å². The van der Waals surface area contributed by atoms with Crippen LogP contribution in [0.2, 0.25) is 0 Å². The summed E-state index contributed by atoms with van der Waals surface area (Å²) >= 11 is 0. The van der Waals surface area contributed by atoms with E-state index >= 15 is 0 Å². The highest BCUT2D eigenvalue weighted by atomic mass is 127. The van der Waals surface area contributed by atoms with Crippen molar-refractivity contribution < 1.29 is 4.74 Å². The number of nitrogens with zero attached hydrogens (tertiary/aromatic N) is 1. The Balaban J connectivity index is 0.00000441. The van der Waals surface area contributed by atoms with Crippen molar-refractivity contribution in [2.75, 3.05) is 19.7 Å². The topological polar surface area (TPSA) is 45.7 Å². The molecule has 0 aliphatic carbocycles. The van der Waals surface area contributed by atoms with E-state index in [1.165, 1.54) is 5.56 Å². The standard InChI is InChI=1S/C17H29N3O.HI/c1-5-18-17(20-14(2)3)19-11-15(4)12-21-13-16-9-7-6-8-10-16;/h6-10,14-15H,5,11-13H2,1-4H3,(H2,18,19,20);1H. The molecule has 0 saturated heterocycles. The minimum atomic E-state index is 0. The van der Waals surface area contributed by atoms with Gasteiger partial charge in [-0.1, -0.05) is 37.3 Å². The molecule has 1 unspecified atom stereocenters. The van der Waals surface area contributed by atoms with E-state index in [0.717, 1.165) is 25.7 Å². The van der Waals surface area contributed by atoms with Crippen LogP contribution >= 0.6 is 24.0 Å². The Kier molecular flexibility index (Phi) is 12.2. The number of benzene rings is 1.